The lowest BCUT2D eigenvalue weighted by atomic mass is 10.2. The first-order chi connectivity index (χ1) is 14.7. The Morgan fingerprint density at radius 1 is 1.03 bits per heavy atom. The summed E-state index contributed by atoms with van der Waals surface area (Å²) in [4.78, 5) is 16.6. The lowest BCUT2D eigenvalue weighted by molar-refractivity contribution is 0.102. The Morgan fingerprint density at radius 3 is 2.63 bits per heavy atom. The van der Waals surface area contributed by atoms with Gasteiger partial charge in [-0.15, -0.1) is 5.10 Å². The number of hydrogen-bond donors (Lipinski definition) is 1. The lowest BCUT2D eigenvalue weighted by Crippen LogP contribution is -2.14. The zero-order valence-electron chi connectivity index (χ0n) is 15.9. The van der Waals surface area contributed by atoms with Crippen molar-refractivity contribution in [2.24, 2.45) is 0 Å². The van der Waals surface area contributed by atoms with Crippen molar-refractivity contribution in [2.45, 2.75) is 13.2 Å². The molecule has 1 amide bonds. The van der Waals surface area contributed by atoms with Crippen LogP contribution in [0.4, 0.5) is 5.82 Å². The Bertz CT molecular complexity index is 1130. The number of halogens is 1. The quantitative estimate of drug-likeness (QED) is 0.485. The highest BCUT2D eigenvalue weighted by Gasteiger charge is 2.12. The van der Waals surface area contributed by atoms with Gasteiger partial charge in [0.1, 0.15) is 12.3 Å². The van der Waals surface area contributed by atoms with E-state index in [1.54, 1.807) is 47.3 Å². The summed E-state index contributed by atoms with van der Waals surface area (Å²) >= 11 is 5.91. The van der Waals surface area contributed by atoms with Crippen molar-refractivity contribution < 1.29 is 9.53 Å². The fourth-order valence-corrected chi connectivity index (χ4v) is 2.91. The van der Waals surface area contributed by atoms with Crippen molar-refractivity contribution >= 4 is 23.3 Å². The Balaban J connectivity index is 1.39. The highest BCUT2D eigenvalue weighted by molar-refractivity contribution is 6.30. The molecule has 0 fully saturated rings. The normalized spacial score (nSPS) is 10.6. The molecule has 2 aromatic heterocycles. The van der Waals surface area contributed by atoms with Crippen molar-refractivity contribution in [2.75, 3.05) is 5.32 Å². The molecule has 150 valence electrons. The monoisotopic (exact) mass is 419 g/mol. The van der Waals surface area contributed by atoms with E-state index in [1.165, 1.54) is 0 Å². The van der Waals surface area contributed by atoms with Crippen LogP contribution < -0.4 is 10.1 Å². The minimum atomic E-state index is -0.256. The van der Waals surface area contributed by atoms with Gasteiger partial charge in [0, 0.05) is 16.8 Å². The van der Waals surface area contributed by atoms with E-state index in [1.807, 2.05) is 36.5 Å². The SMILES string of the molecule is O=C(Nc1ncccc1OCc1cn(Cc2ccc(Cl)cc2)nn1)c1ccccc1. The molecule has 0 spiro atoms. The van der Waals surface area contributed by atoms with Gasteiger partial charge < -0.3 is 10.1 Å². The van der Waals surface area contributed by atoms with Gasteiger partial charge in [0.25, 0.3) is 5.91 Å². The van der Waals surface area contributed by atoms with Crippen molar-refractivity contribution in [1.29, 1.82) is 0 Å². The number of rotatable bonds is 7. The number of benzene rings is 2. The third-order valence-electron chi connectivity index (χ3n) is 4.26. The van der Waals surface area contributed by atoms with Gasteiger partial charge in [-0.3, -0.25) is 4.79 Å². The van der Waals surface area contributed by atoms with E-state index in [9.17, 15) is 4.79 Å². The van der Waals surface area contributed by atoms with Crippen molar-refractivity contribution in [3.63, 3.8) is 0 Å². The van der Waals surface area contributed by atoms with E-state index in [-0.39, 0.29) is 12.5 Å². The number of pyridine rings is 1. The topological polar surface area (TPSA) is 81.9 Å². The summed E-state index contributed by atoms with van der Waals surface area (Å²) in [5.74, 6) is 0.544. The number of carbonyl (C=O) groups excluding carboxylic acids is 1. The molecule has 0 bridgehead atoms. The first kappa shape index (κ1) is 19.6. The highest BCUT2D eigenvalue weighted by atomic mass is 35.5. The number of nitrogens with zero attached hydrogens (tertiary/aromatic N) is 4. The van der Waals surface area contributed by atoms with Gasteiger partial charge in [-0.25, -0.2) is 9.67 Å². The number of aromatic nitrogens is 4. The zero-order valence-corrected chi connectivity index (χ0v) is 16.7. The third-order valence-corrected chi connectivity index (χ3v) is 4.51. The Hall–Kier alpha value is -3.71. The molecule has 2 aromatic carbocycles. The number of hydrogen-bond acceptors (Lipinski definition) is 5. The van der Waals surface area contributed by atoms with Crippen LogP contribution in [0.3, 0.4) is 0 Å². The molecule has 8 heteroatoms. The number of nitrogens with one attached hydrogen (secondary N) is 1. The van der Waals surface area contributed by atoms with Crippen molar-refractivity contribution in [3.8, 4) is 5.75 Å². The summed E-state index contributed by atoms with van der Waals surface area (Å²) in [6, 6.07) is 20.0. The van der Waals surface area contributed by atoms with Crippen LogP contribution in [0, 0.1) is 0 Å². The molecule has 0 saturated carbocycles. The minimum Gasteiger partial charge on any atom is -0.483 e. The predicted molar refractivity (Wildman–Crippen MR) is 114 cm³/mol. The lowest BCUT2D eigenvalue weighted by Gasteiger charge is -2.10. The summed E-state index contributed by atoms with van der Waals surface area (Å²) in [5.41, 5.74) is 2.27. The molecule has 0 atom stereocenters. The van der Waals surface area contributed by atoms with Crippen molar-refractivity contribution in [1.82, 2.24) is 20.0 Å². The van der Waals surface area contributed by atoms with E-state index in [4.69, 9.17) is 16.3 Å². The summed E-state index contributed by atoms with van der Waals surface area (Å²) < 4.78 is 7.55. The second-order valence-corrected chi connectivity index (χ2v) is 6.93. The van der Waals surface area contributed by atoms with Crippen molar-refractivity contribution in [3.05, 3.63) is 101 Å². The summed E-state index contributed by atoms with van der Waals surface area (Å²) in [7, 11) is 0. The van der Waals surface area contributed by atoms with Gasteiger partial charge in [-0.1, -0.05) is 47.1 Å². The largest absolute Gasteiger partial charge is 0.483 e. The maximum atomic E-state index is 12.4. The van der Waals surface area contributed by atoms with E-state index in [0.29, 0.717) is 34.4 Å². The standard InChI is InChI=1S/C22H18ClN5O2/c23-18-10-8-16(9-11-18)13-28-14-19(26-27-28)15-30-20-7-4-12-24-21(20)25-22(29)17-5-2-1-3-6-17/h1-12,14H,13,15H2,(H,24,25,29). The average Bonchev–Trinajstić information content (AvgIpc) is 3.22. The van der Waals surface area contributed by atoms with Crippen LogP contribution in [0.5, 0.6) is 5.75 Å². The summed E-state index contributed by atoms with van der Waals surface area (Å²) in [6.45, 7) is 0.774. The molecule has 4 aromatic rings. The van der Waals surface area contributed by atoms with E-state index < -0.39 is 0 Å². The molecule has 4 rings (SSSR count). The molecule has 7 nitrogen and oxygen atoms in total. The second kappa shape index (κ2) is 9.19. The first-order valence-corrected chi connectivity index (χ1v) is 9.63. The Labute approximate surface area is 178 Å². The van der Waals surface area contributed by atoms with E-state index in [0.717, 1.165) is 5.56 Å². The summed E-state index contributed by atoms with van der Waals surface area (Å²) in [5, 5.41) is 11.7. The van der Waals surface area contributed by atoms with Gasteiger partial charge in [0.2, 0.25) is 0 Å². The van der Waals surface area contributed by atoms with Gasteiger partial charge in [0.15, 0.2) is 11.6 Å². The second-order valence-electron chi connectivity index (χ2n) is 6.49. The molecular weight excluding hydrogens is 402 g/mol. The fourth-order valence-electron chi connectivity index (χ4n) is 2.78. The first-order valence-electron chi connectivity index (χ1n) is 9.25. The molecule has 0 radical (unpaired) electrons. The van der Waals surface area contributed by atoms with Crippen LogP contribution in [0.1, 0.15) is 21.6 Å². The molecular formula is C22H18ClN5O2. The number of ether oxygens (including phenoxy) is 1. The smallest absolute Gasteiger partial charge is 0.256 e. The fraction of sp³-hybridized carbons (Fsp3) is 0.0909. The van der Waals surface area contributed by atoms with Gasteiger partial charge >= 0.3 is 0 Å². The number of carbonyl (C=O) groups is 1. The zero-order chi connectivity index (χ0) is 20.8. The van der Waals surface area contributed by atoms with Crippen LogP contribution in [0.25, 0.3) is 0 Å². The third kappa shape index (κ3) is 5.01. The van der Waals surface area contributed by atoms with E-state index >= 15 is 0 Å². The molecule has 1 N–H and O–H groups in total. The minimum absolute atomic E-state index is 0.195. The average molecular weight is 420 g/mol. The summed E-state index contributed by atoms with van der Waals surface area (Å²) in [6.07, 6.45) is 3.41. The van der Waals surface area contributed by atoms with Gasteiger partial charge in [-0.2, -0.15) is 0 Å². The van der Waals surface area contributed by atoms with E-state index in [2.05, 4.69) is 20.6 Å². The molecule has 0 aliphatic rings. The predicted octanol–water partition coefficient (Wildman–Crippen LogP) is 4.21. The Morgan fingerprint density at radius 2 is 1.83 bits per heavy atom. The Kier molecular flexibility index (Phi) is 6.01. The molecule has 30 heavy (non-hydrogen) atoms. The van der Waals surface area contributed by atoms with Crippen LogP contribution in [-0.2, 0) is 13.2 Å². The number of anilines is 1. The van der Waals surface area contributed by atoms with Crippen LogP contribution in [0.15, 0.2) is 79.1 Å². The molecule has 0 unspecified atom stereocenters. The maximum absolute atomic E-state index is 12.4. The van der Waals surface area contributed by atoms with Crippen LogP contribution in [-0.4, -0.2) is 25.9 Å². The van der Waals surface area contributed by atoms with Crippen LogP contribution in [0.2, 0.25) is 5.02 Å². The van der Waals surface area contributed by atoms with Gasteiger partial charge in [-0.05, 0) is 42.0 Å². The van der Waals surface area contributed by atoms with Gasteiger partial charge in [0.05, 0.1) is 12.7 Å². The molecule has 2 heterocycles. The molecule has 0 aliphatic heterocycles. The highest BCUT2D eigenvalue weighted by Crippen LogP contribution is 2.22. The number of amides is 1. The molecule has 0 aliphatic carbocycles. The molecule has 0 saturated heterocycles. The van der Waals surface area contributed by atoms with Crippen LogP contribution >= 0.6 is 11.6 Å². The maximum Gasteiger partial charge on any atom is 0.256 e.